The van der Waals surface area contributed by atoms with Gasteiger partial charge in [-0.2, -0.15) is 0 Å². The van der Waals surface area contributed by atoms with Crippen LogP contribution in [0, 0.1) is 0 Å². The molecule has 2 N–H and O–H groups in total. The molecule has 29 heavy (non-hydrogen) atoms. The molecule has 0 atom stereocenters. The van der Waals surface area contributed by atoms with Gasteiger partial charge in [0.15, 0.2) is 11.3 Å². The van der Waals surface area contributed by atoms with Gasteiger partial charge in [-0.1, -0.05) is 31.2 Å². The van der Waals surface area contributed by atoms with Gasteiger partial charge in [0.05, 0.1) is 21.6 Å². The molecule has 8 nitrogen and oxygen atoms in total. The monoisotopic (exact) mass is 404 g/mol. The van der Waals surface area contributed by atoms with Gasteiger partial charge in [-0.05, 0) is 36.2 Å². The lowest BCUT2D eigenvalue weighted by Crippen LogP contribution is -2.11. The number of nitrogen functional groups attached to an aromatic ring is 1. The summed E-state index contributed by atoms with van der Waals surface area (Å²) in [6.07, 6.45) is 2.26. The number of hydrogen-bond acceptors (Lipinski definition) is 7. The third-order valence-electron chi connectivity index (χ3n) is 4.94. The summed E-state index contributed by atoms with van der Waals surface area (Å²) in [6, 6.07) is 14.0. The van der Waals surface area contributed by atoms with E-state index in [0.29, 0.717) is 16.7 Å². The lowest BCUT2D eigenvalue weighted by molar-refractivity contribution is 0.597. The summed E-state index contributed by atoms with van der Waals surface area (Å²) in [5.41, 5.74) is 9.28. The number of sulfone groups is 1. The van der Waals surface area contributed by atoms with Crippen molar-refractivity contribution in [3.8, 4) is 0 Å². The molecule has 0 unspecified atom stereocenters. The molecule has 2 aromatic carbocycles. The molecular formula is C20H16N6O2S. The number of rotatable bonds is 3. The first kappa shape index (κ1) is 17.5. The highest BCUT2D eigenvalue weighted by Gasteiger charge is 2.28. The van der Waals surface area contributed by atoms with Crippen molar-refractivity contribution >= 4 is 43.4 Å². The second-order valence-electron chi connectivity index (χ2n) is 6.65. The van der Waals surface area contributed by atoms with Crippen molar-refractivity contribution in [3.05, 3.63) is 60.4 Å². The Labute approximate surface area is 166 Å². The van der Waals surface area contributed by atoms with Gasteiger partial charge in [0.25, 0.3) is 0 Å². The van der Waals surface area contributed by atoms with Crippen molar-refractivity contribution < 1.29 is 8.42 Å². The van der Waals surface area contributed by atoms with Crippen LogP contribution in [0.5, 0.6) is 0 Å². The van der Waals surface area contributed by atoms with Crippen molar-refractivity contribution in [2.75, 3.05) is 5.73 Å². The highest BCUT2D eigenvalue weighted by atomic mass is 32.2. The van der Waals surface area contributed by atoms with Crippen LogP contribution in [0.2, 0.25) is 0 Å². The SMILES string of the molecule is CCc1ccc(S(=O)(=O)c2c(N)c3nncn3c3nc4ccccc4nc23)cc1. The van der Waals surface area contributed by atoms with E-state index in [0.717, 1.165) is 12.0 Å². The van der Waals surface area contributed by atoms with Gasteiger partial charge in [0.1, 0.15) is 16.7 Å². The number of nitrogens with two attached hydrogens (primary N) is 1. The first-order chi connectivity index (χ1) is 14.0. The lowest BCUT2D eigenvalue weighted by Gasteiger charge is -2.13. The lowest BCUT2D eigenvalue weighted by atomic mass is 10.2. The number of aryl methyl sites for hydroxylation is 1. The zero-order chi connectivity index (χ0) is 20.2. The maximum Gasteiger partial charge on any atom is 0.211 e. The second-order valence-corrected chi connectivity index (χ2v) is 8.54. The smallest absolute Gasteiger partial charge is 0.211 e. The second kappa shape index (κ2) is 6.21. The van der Waals surface area contributed by atoms with E-state index in [2.05, 4.69) is 20.2 Å². The van der Waals surface area contributed by atoms with E-state index in [9.17, 15) is 8.42 Å². The van der Waals surface area contributed by atoms with Crippen LogP contribution in [-0.2, 0) is 16.3 Å². The van der Waals surface area contributed by atoms with Crippen molar-refractivity contribution in [1.29, 1.82) is 0 Å². The van der Waals surface area contributed by atoms with Gasteiger partial charge in [-0.25, -0.2) is 18.4 Å². The van der Waals surface area contributed by atoms with E-state index in [1.165, 1.54) is 6.33 Å². The number of nitrogens with zero attached hydrogens (tertiary/aromatic N) is 5. The Balaban J connectivity index is 1.92. The topological polar surface area (TPSA) is 116 Å². The fourth-order valence-corrected chi connectivity index (χ4v) is 4.91. The average Bonchev–Trinajstić information content (AvgIpc) is 3.23. The van der Waals surface area contributed by atoms with Gasteiger partial charge in [0, 0.05) is 0 Å². The molecule has 0 saturated carbocycles. The van der Waals surface area contributed by atoms with E-state index in [1.54, 1.807) is 34.7 Å². The van der Waals surface area contributed by atoms with E-state index in [-0.39, 0.29) is 26.6 Å². The summed E-state index contributed by atoms with van der Waals surface area (Å²) >= 11 is 0. The Kier molecular flexibility index (Phi) is 3.75. The predicted octanol–water partition coefficient (Wildman–Crippen LogP) is 2.80. The summed E-state index contributed by atoms with van der Waals surface area (Å²) in [4.78, 5) is 9.25. The molecule has 0 fully saturated rings. The van der Waals surface area contributed by atoms with Gasteiger partial charge in [-0.3, -0.25) is 4.40 Å². The molecule has 144 valence electrons. The summed E-state index contributed by atoms with van der Waals surface area (Å²) < 4.78 is 28.7. The third-order valence-corrected chi connectivity index (χ3v) is 6.78. The quantitative estimate of drug-likeness (QED) is 0.460. The molecule has 0 radical (unpaired) electrons. The number of fused-ring (bicyclic) bond motifs is 4. The highest BCUT2D eigenvalue weighted by molar-refractivity contribution is 7.92. The van der Waals surface area contributed by atoms with Crippen LogP contribution in [0.1, 0.15) is 12.5 Å². The molecule has 0 aliphatic carbocycles. The van der Waals surface area contributed by atoms with Gasteiger partial charge in [-0.15, -0.1) is 10.2 Å². The van der Waals surface area contributed by atoms with Crippen LogP contribution >= 0.6 is 0 Å². The minimum atomic E-state index is -3.97. The largest absolute Gasteiger partial charge is 0.395 e. The average molecular weight is 404 g/mol. The van der Waals surface area contributed by atoms with Crippen LogP contribution in [-0.4, -0.2) is 33.0 Å². The Hall–Kier alpha value is -3.59. The summed E-state index contributed by atoms with van der Waals surface area (Å²) in [5, 5.41) is 7.88. The fraction of sp³-hybridized carbons (Fsp3) is 0.100. The minimum absolute atomic E-state index is 0.000788. The molecule has 0 bridgehead atoms. The predicted molar refractivity (Wildman–Crippen MR) is 109 cm³/mol. The zero-order valence-electron chi connectivity index (χ0n) is 15.4. The van der Waals surface area contributed by atoms with E-state index >= 15 is 0 Å². The molecule has 5 rings (SSSR count). The number of pyridine rings is 1. The van der Waals surface area contributed by atoms with Gasteiger partial charge in [0.2, 0.25) is 9.84 Å². The number of hydrogen-bond donors (Lipinski definition) is 1. The van der Waals surface area contributed by atoms with Gasteiger partial charge >= 0.3 is 0 Å². The first-order valence-corrected chi connectivity index (χ1v) is 10.5. The van der Waals surface area contributed by atoms with Crippen molar-refractivity contribution in [3.63, 3.8) is 0 Å². The molecule has 0 aliphatic rings. The van der Waals surface area contributed by atoms with Crippen LogP contribution < -0.4 is 5.73 Å². The maximum absolute atomic E-state index is 13.6. The molecule has 3 heterocycles. The van der Waals surface area contributed by atoms with Crippen LogP contribution in [0.25, 0.3) is 27.8 Å². The maximum atomic E-state index is 13.6. The molecule has 9 heteroatoms. The Morgan fingerprint density at radius 2 is 1.66 bits per heavy atom. The molecule has 3 aromatic heterocycles. The molecule has 5 aromatic rings. The van der Waals surface area contributed by atoms with Crippen molar-refractivity contribution in [2.45, 2.75) is 23.1 Å². The molecule has 0 amide bonds. The molecule has 0 spiro atoms. The van der Waals surface area contributed by atoms with Gasteiger partial charge < -0.3 is 5.73 Å². The first-order valence-electron chi connectivity index (χ1n) is 9.02. The van der Waals surface area contributed by atoms with E-state index in [4.69, 9.17) is 5.73 Å². The van der Waals surface area contributed by atoms with Crippen LogP contribution in [0.15, 0.2) is 64.6 Å². The Bertz CT molecular complexity index is 1510. The summed E-state index contributed by atoms with van der Waals surface area (Å²) in [5.74, 6) is 0. The molecule has 0 aliphatic heterocycles. The third kappa shape index (κ3) is 2.54. The number of benzene rings is 2. The Morgan fingerprint density at radius 3 is 2.34 bits per heavy atom. The molecular weight excluding hydrogens is 388 g/mol. The standard InChI is InChI=1S/C20H16N6O2S/c1-2-12-7-9-13(10-8-12)29(27,28)18-16(21)19-25-22-11-26(19)20-17(18)23-14-5-3-4-6-15(14)24-20/h3-11H,2,21H2,1H3. The van der Waals surface area contributed by atoms with E-state index < -0.39 is 9.84 Å². The fourth-order valence-electron chi connectivity index (χ4n) is 3.41. The number of anilines is 1. The number of para-hydroxylation sites is 2. The zero-order valence-corrected chi connectivity index (χ0v) is 16.3. The minimum Gasteiger partial charge on any atom is -0.395 e. The molecule has 0 saturated heterocycles. The van der Waals surface area contributed by atoms with Crippen molar-refractivity contribution in [1.82, 2.24) is 24.6 Å². The van der Waals surface area contributed by atoms with E-state index in [1.807, 2.05) is 25.1 Å². The number of aromatic nitrogens is 5. The Morgan fingerprint density at radius 1 is 0.966 bits per heavy atom. The highest BCUT2D eigenvalue weighted by Crippen LogP contribution is 2.34. The van der Waals surface area contributed by atoms with Crippen LogP contribution in [0.4, 0.5) is 5.69 Å². The normalized spacial score (nSPS) is 12.2. The van der Waals surface area contributed by atoms with Crippen LogP contribution in [0.3, 0.4) is 0 Å². The summed E-state index contributed by atoms with van der Waals surface area (Å²) in [6.45, 7) is 2.01. The summed E-state index contributed by atoms with van der Waals surface area (Å²) in [7, 11) is -3.97. The van der Waals surface area contributed by atoms with Crippen molar-refractivity contribution in [2.24, 2.45) is 0 Å².